The summed E-state index contributed by atoms with van der Waals surface area (Å²) in [5.74, 6) is -0.999. The van der Waals surface area contributed by atoms with Crippen LogP contribution in [0.4, 0.5) is 11.4 Å². The largest absolute Gasteiger partial charge is 0.484 e. The van der Waals surface area contributed by atoms with E-state index in [0.29, 0.717) is 17.1 Å². The van der Waals surface area contributed by atoms with Crippen LogP contribution in [0, 0.1) is 36.5 Å². The number of hydrogen-bond donors (Lipinski definition) is 3. The topological polar surface area (TPSA) is 169 Å². The van der Waals surface area contributed by atoms with E-state index in [1.165, 1.54) is 40.5 Å². The Labute approximate surface area is 283 Å². The highest BCUT2D eigenvalue weighted by Crippen LogP contribution is 2.68. The average Bonchev–Trinajstić information content (AvgIpc) is 3.79. The number of ether oxygens (including phenoxy) is 1. The molecule has 8 rings (SSSR count). The van der Waals surface area contributed by atoms with Gasteiger partial charge in [0.1, 0.15) is 5.75 Å². The van der Waals surface area contributed by atoms with Crippen LogP contribution in [0.3, 0.4) is 0 Å². The summed E-state index contributed by atoms with van der Waals surface area (Å²) >= 11 is 2.84. The van der Waals surface area contributed by atoms with E-state index in [9.17, 15) is 27.6 Å². The number of nitrogens with two attached hydrogens (primary N) is 1. The van der Waals surface area contributed by atoms with Crippen molar-refractivity contribution in [2.45, 2.75) is 34.4 Å². The fraction of sp³-hybridized carbons (Fsp3) is 0.294. The van der Waals surface area contributed by atoms with Crippen LogP contribution in [0.25, 0.3) is 0 Å². The van der Waals surface area contributed by atoms with Gasteiger partial charge in [0.05, 0.1) is 27.4 Å². The number of H-pyrrole nitrogens is 1. The second-order valence-corrected chi connectivity index (χ2v) is 16.5. The van der Waals surface area contributed by atoms with Crippen LogP contribution in [-0.2, 0) is 24.4 Å². The first-order chi connectivity index (χ1) is 23.0. The third kappa shape index (κ3) is 5.09. The zero-order valence-corrected chi connectivity index (χ0v) is 27.9. The summed E-state index contributed by atoms with van der Waals surface area (Å²) in [6.45, 7) is 1.70. The fourth-order valence-corrected chi connectivity index (χ4v) is 11.6. The number of rotatable bonds is 7. The van der Waals surface area contributed by atoms with Gasteiger partial charge in [-0.05, 0) is 85.2 Å². The van der Waals surface area contributed by atoms with Crippen molar-refractivity contribution in [3.8, 4) is 5.75 Å². The Morgan fingerprint density at radius 1 is 0.958 bits per heavy atom. The Hall–Kier alpha value is -4.24. The number of hydrogen-bond acceptors (Lipinski definition) is 9. The summed E-state index contributed by atoms with van der Waals surface area (Å²) < 4.78 is 28.7. The third-order valence-corrected chi connectivity index (χ3v) is 13.6. The molecule has 4 N–H and O–H groups in total. The number of nitrogens with zero attached hydrogens (tertiary/aromatic N) is 1. The van der Waals surface area contributed by atoms with Crippen molar-refractivity contribution >= 4 is 62.2 Å². The number of thiazole rings is 1. The molecule has 1 saturated heterocycles. The first kappa shape index (κ1) is 31.1. The molecule has 246 valence electrons. The van der Waals surface area contributed by atoms with Crippen molar-refractivity contribution in [3.63, 3.8) is 0 Å². The highest BCUT2D eigenvalue weighted by Gasteiger charge is 2.69. The molecule has 14 heteroatoms. The number of carbonyl (C=O) groups excluding carboxylic acids is 3. The molecule has 4 unspecified atom stereocenters. The molecule has 2 aliphatic heterocycles. The molecule has 2 aliphatic carbocycles. The van der Waals surface area contributed by atoms with Crippen LogP contribution in [0.1, 0.15) is 28.3 Å². The molecule has 4 aromatic rings. The van der Waals surface area contributed by atoms with Gasteiger partial charge in [-0.1, -0.05) is 41.2 Å². The number of carbonyl (C=O) groups is 3. The van der Waals surface area contributed by atoms with Crippen LogP contribution < -0.4 is 25.0 Å². The summed E-state index contributed by atoms with van der Waals surface area (Å²) in [4.78, 5) is 58.1. The quantitative estimate of drug-likeness (QED) is 0.242. The molecular weight excluding hydrogens is 673 g/mol. The number of aromatic nitrogens is 1. The molecule has 3 fully saturated rings. The highest BCUT2D eigenvalue weighted by molar-refractivity contribution is 8.00. The van der Waals surface area contributed by atoms with Gasteiger partial charge in [-0.25, -0.2) is 13.6 Å². The zero-order valence-electron chi connectivity index (χ0n) is 25.5. The molecule has 7 atom stereocenters. The summed E-state index contributed by atoms with van der Waals surface area (Å²) in [5, 5.41) is 8.70. The average molecular weight is 703 g/mol. The maximum Gasteiger partial charge on any atom is 0.305 e. The van der Waals surface area contributed by atoms with Gasteiger partial charge in [0.2, 0.25) is 21.8 Å². The lowest BCUT2D eigenvalue weighted by Gasteiger charge is -2.43. The van der Waals surface area contributed by atoms with Crippen LogP contribution in [0.5, 0.6) is 5.75 Å². The number of amides is 3. The molecule has 11 nitrogen and oxygen atoms in total. The van der Waals surface area contributed by atoms with Crippen molar-refractivity contribution in [3.05, 3.63) is 98.5 Å². The molecule has 0 spiro atoms. The number of anilines is 2. The minimum absolute atomic E-state index is 0.00148. The summed E-state index contributed by atoms with van der Waals surface area (Å²) in [6, 6.07) is 20.4. The van der Waals surface area contributed by atoms with Gasteiger partial charge in [-0.2, -0.15) is 0 Å². The number of nitrogens with one attached hydrogen (secondary N) is 2. The lowest BCUT2D eigenvalue weighted by molar-refractivity contribution is -0.123. The van der Waals surface area contributed by atoms with E-state index in [4.69, 9.17) is 9.88 Å². The number of benzene rings is 3. The molecule has 2 saturated carbocycles. The lowest BCUT2D eigenvalue weighted by Crippen LogP contribution is -2.42. The van der Waals surface area contributed by atoms with Crippen molar-refractivity contribution in [1.29, 1.82) is 0 Å². The monoisotopic (exact) mass is 702 g/mol. The van der Waals surface area contributed by atoms with Gasteiger partial charge >= 0.3 is 4.87 Å². The molecule has 1 aromatic heterocycles. The van der Waals surface area contributed by atoms with Crippen LogP contribution in [-0.4, -0.2) is 43.0 Å². The SMILES string of the molecule is Cc1ccc(N2C(=O)C3C(C2=O)[C@@H]2C[C@H]3C3Sc4[nH]c(=O)sc4[C@H](c4ccc(OCC(=O)Nc5ccc(S(N)(=O)=O)cc5)cc4)C32)cc1. The van der Waals surface area contributed by atoms with Gasteiger partial charge in [0.15, 0.2) is 6.61 Å². The molecular formula is C34H30N4O7S3. The Bertz CT molecular complexity index is 2130. The molecule has 48 heavy (non-hydrogen) atoms. The van der Waals surface area contributed by atoms with E-state index < -0.39 is 15.9 Å². The van der Waals surface area contributed by atoms with E-state index >= 15 is 0 Å². The number of aromatic amines is 1. The van der Waals surface area contributed by atoms with E-state index in [0.717, 1.165) is 27.5 Å². The second kappa shape index (κ2) is 11.4. The van der Waals surface area contributed by atoms with Gasteiger partial charge < -0.3 is 15.0 Å². The van der Waals surface area contributed by atoms with E-state index in [1.54, 1.807) is 23.9 Å². The molecule has 4 aliphatic rings. The third-order valence-electron chi connectivity index (χ3n) is 10.1. The Morgan fingerprint density at radius 3 is 2.29 bits per heavy atom. The Kier molecular flexibility index (Phi) is 7.40. The smallest absolute Gasteiger partial charge is 0.305 e. The summed E-state index contributed by atoms with van der Waals surface area (Å²) in [5.41, 5.74) is 3.04. The summed E-state index contributed by atoms with van der Waals surface area (Å²) in [7, 11) is -3.84. The van der Waals surface area contributed by atoms with Crippen molar-refractivity contribution < 1.29 is 27.5 Å². The minimum Gasteiger partial charge on any atom is -0.484 e. The number of thioether (sulfide) groups is 1. The normalized spacial score (nSPS) is 27.0. The Morgan fingerprint density at radius 2 is 1.62 bits per heavy atom. The number of fused-ring (bicyclic) bond motifs is 9. The number of imide groups is 1. The fourth-order valence-electron chi connectivity index (χ4n) is 8.18. The second-order valence-electron chi connectivity index (χ2n) is 12.8. The van der Waals surface area contributed by atoms with Gasteiger partial charge in [-0.15, -0.1) is 11.8 Å². The van der Waals surface area contributed by atoms with E-state index in [2.05, 4.69) is 10.3 Å². The minimum atomic E-state index is -3.84. The highest BCUT2D eigenvalue weighted by atomic mass is 32.2. The first-order valence-electron chi connectivity index (χ1n) is 15.5. The van der Waals surface area contributed by atoms with Crippen molar-refractivity contribution in [1.82, 2.24) is 4.98 Å². The maximum absolute atomic E-state index is 13.9. The maximum atomic E-state index is 13.9. The predicted octanol–water partition coefficient (Wildman–Crippen LogP) is 4.09. The van der Waals surface area contributed by atoms with Gasteiger partial charge in [0, 0.05) is 21.7 Å². The van der Waals surface area contributed by atoms with Crippen LogP contribution in [0.2, 0.25) is 0 Å². The van der Waals surface area contributed by atoms with E-state index in [1.807, 2.05) is 43.3 Å². The van der Waals surface area contributed by atoms with Crippen molar-refractivity contribution in [2.75, 3.05) is 16.8 Å². The molecule has 3 aromatic carbocycles. The van der Waals surface area contributed by atoms with Crippen molar-refractivity contribution in [2.24, 2.45) is 34.7 Å². The van der Waals surface area contributed by atoms with Gasteiger partial charge in [-0.3, -0.25) is 24.1 Å². The first-order valence-corrected chi connectivity index (χ1v) is 18.7. The van der Waals surface area contributed by atoms with Crippen LogP contribution in [0.15, 0.2) is 87.5 Å². The molecule has 3 amide bonds. The van der Waals surface area contributed by atoms with Crippen LogP contribution >= 0.6 is 23.1 Å². The number of primary sulfonamides is 1. The number of aryl methyl sites for hydroxylation is 1. The number of sulfonamides is 1. The lowest BCUT2D eigenvalue weighted by atomic mass is 9.68. The summed E-state index contributed by atoms with van der Waals surface area (Å²) in [6.07, 6.45) is 0.799. The predicted molar refractivity (Wildman–Crippen MR) is 181 cm³/mol. The molecule has 3 heterocycles. The zero-order chi connectivity index (χ0) is 33.5. The standard InChI is InChI=1S/C34H30N4O7S3/c1-16-2-8-19(9-3-16)38-32(40)27-22-14-23(28(27)33(38)41)29-26(22)25(30-31(46-29)37-34(42)47-30)17-4-10-20(11-5-17)45-15-24(39)36-18-6-12-21(13-7-18)48(35,43)44/h2-13,22-23,25-29H,14-15H2,1H3,(H,36,39)(H,37,42)(H2,35,43,44)/t22-,23-,25-,26?,27?,28?,29?/m1/s1. The molecule has 2 bridgehead atoms. The molecule has 0 radical (unpaired) electrons. The Balaban J connectivity index is 1.02. The van der Waals surface area contributed by atoms with E-state index in [-0.39, 0.29) is 68.9 Å². The van der Waals surface area contributed by atoms with Gasteiger partial charge in [0.25, 0.3) is 5.91 Å².